The van der Waals surface area contributed by atoms with Crippen LogP contribution < -0.4 is 5.32 Å². The van der Waals surface area contributed by atoms with Gasteiger partial charge in [-0.15, -0.1) is 0 Å². The Labute approximate surface area is 153 Å². The zero-order chi connectivity index (χ0) is 17.8. The number of hydrogen-bond donors (Lipinski definition) is 2. The fourth-order valence-electron chi connectivity index (χ4n) is 3.36. The van der Waals surface area contributed by atoms with E-state index >= 15 is 0 Å². The van der Waals surface area contributed by atoms with E-state index in [9.17, 15) is 9.90 Å². The van der Waals surface area contributed by atoms with Gasteiger partial charge in [-0.2, -0.15) is 0 Å². The third-order valence-corrected chi connectivity index (χ3v) is 4.86. The van der Waals surface area contributed by atoms with Crippen LogP contribution in [0, 0.1) is 0 Å². The van der Waals surface area contributed by atoms with Gasteiger partial charge < -0.3 is 15.3 Å². The molecule has 1 unspecified atom stereocenters. The Bertz CT molecular complexity index is 748. The Morgan fingerprint density at radius 2 is 1.92 bits per heavy atom. The number of halogens is 1. The van der Waals surface area contributed by atoms with Crippen LogP contribution in [0.1, 0.15) is 29.7 Å². The third-order valence-electron chi connectivity index (χ3n) is 4.52. The van der Waals surface area contributed by atoms with Crippen molar-refractivity contribution in [3.8, 4) is 0 Å². The molecule has 1 amide bonds. The number of carbonyl (C=O) groups is 1. The second-order valence-electron chi connectivity index (χ2n) is 6.44. The van der Waals surface area contributed by atoms with E-state index in [0.717, 1.165) is 17.5 Å². The van der Waals surface area contributed by atoms with Gasteiger partial charge in [-0.05, 0) is 36.1 Å². The highest BCUT2D eigenvalue weighted by Gasteiger charge is 2.32. The second kappa shape index (κ2) is 8.00. The first kappa shape index (κ1) is 17.9. The van der Waals surface area contributed by atoms with Crippen molar-refractivity contribution in [2.75, 3.05) is 19.6 Å². The van der Waals surface area contributed by atoms with Crippen LogP contribution in [0.3, 0.4) is 0 Å². The van der Waals surface area contributed by atoms with E-state index in [1.807, 2.05) is 41.3 Å². The first-order valence-corrected chi connectivity index (χ1v) is 8.96. The molecule has 132 valence electrons. The Hall–Kier alpha value is -1.88. The Balaban J connectivity index is 1.92. The van der Waals surface area contributed by atoms with E-state index in [1.165, 1.54) is 5.56 Å². The Kier molecular flexibility index (Phi) is 5.74. The predicted octanol–water partition coefficient (Wildman–Crippen LogP) is 2.78. The minimum absolute atomic E-state index is 0.0140. The standard InChI is InChI=1S/C20H23ClN2O2/c1-14(24)12-22-13-19(25)23-11-10-15-6-2-3-7-16(15)20(23)17-8-4-5-9-18(17)21/h2-9,14,20,22,24H,10-13H2,1H3/t14-,20?/m1/s1. The van der Waals surface area contributed by atoms with Crippen molar-refractivity contribution in [3.05, 3.63) is 70.2 Å². The monoisotopic (exact) mass is 358 g/mol. The zero-order valence-corrected chi connectivity index (χ0v) is 15.0. The molecule has 5 heteroatoms. The van der Waals surface area contributed by atoms with E-state index in [1.54, 1.807) is 6.92 Å². The van der Waals surface area contributed by atoms with Gasteiger partial charge >= 0.3 is 0 Å². The van der Waals surface area contributed by atoms with Crippen LogP contribution in [-0.2, 0) is 11.2 Å². The molecule has 3 rings (SSSR count). The maximum atomic E-state index is 12.8. The summed E-state index contributed by atoms with van der Waals surface area (Å²) in [4.78, 5) is 14.7. The molecule has 0 aromatic heterocycles. The molecule has 0 bridgehead atoms. The summed E-state index contributed by atoms with van der Waals surface area (Å²) < 4.78 is 0. The highest BCUT2D eigenvalue weighted by Crippen LogP contribution is 2.38. The largest absolute Gasteiger partial charge is 0.392 e. The van der Waals surface area contributed by atoms with E-state index in [2.05, 4.69) is 17.4 Å². The van der Waals surface area contributed by atoms with Crippen LogP contribution in [0.15, 0.2) is 48.5 Å². The average molecular weight is 359 g/mol. The summed E-state index contributed by atoms with van der Waals surface area (Å²) in [5, 5.41) is 13.1. The van der Waals surface area contributed by atoms with Gasteiger partial charge in [0.05, 0.1) is 18.7 Å². The smallest absolute Gasteiger partial charge is 0.237 e. The predicted molar refractivity (Wildman–Crippen MR) is 99.7 cm³/mol. The fraction of sp³-hybridized carbons (Fsp3) is 0.350. The van der Waals surface area contributed by atoms with E-state index in [4.69, 9.17) is 11.6 Å². The molecular weight excluding hydrogens is 336 g/mol. The molecule has 0 saturated carbocycles. The van der Waals surface area contributed by atoms with Crippen molar-refractivity contribution in [1.82, 2.24) is 10.2 Å². The number of carbonyl (C=O) groups excluding carboxylic acids is 1. The van der Waals surface area contributed by atoms with Crippen molar-refractivity contribution in [2.45, 2.75) is 25.5 Å². The van der Waals surface area contributed by atoms with Crippen LogP contribution in [0.25, 0.3) is 0 Å². The van der Waals surface area contributed by atoms with Gasteiger partial charge in [0.25, 0.3) is 0 Å². The molecule has 0 fully saturated rings. The molecule has 0 spiro atoms. The minimum atomic E-state index is -0.478. The van der Waals surface area contributed by atoms with Crippen molar-refractivity contribution in [3.63, 3.8) is 0 Å². The van der Waals surface area contributed by atoms with Crippen LogP contribution in [0.5, 0.6) is 0 Å². The van der Waals surface area contributed by atoms with Crippen molar-refractivity contribution >= 4 is 17.5 Å². The lowest BCUT2D eigenvalue weighted by atomic mass is 9.88. The Morgan fingerprint density at radius 1 is 1.24 bits per heavy atom. The SMILES string of the molecule is C[C@@H](O)CNCC(=O)N1CCc2ccccc2C1c1ccccc1Cl. The molecule has 2 atom stereocenters. The maximum Gasteiger partial charge on any atom is 0.237 e. The van der Waals surface area contributed by atoms with Crippen LogP contribution in [-0.4, -0.2) is 41.7 Å². The number of benzene rings is 2. The summed E-state index contributed by atoms with van der Waals surface area (Å²) in [5.41, 5.74) is 3.33. The maximum absolute atomic E-state index is 12.8. The summed E-state index contributed by atoms with van der Waals surface area (Å²) in [6.45, 7) is 2.95. The number of hydrogen-bond acceptors (Lipinski definition) is 3. The molecule has 2 N–H and O–H groups in total. The number of nitrogens with one attached hydrogen (secondary N) is 1. The molecular formula is C20H23ClN2O2. The molecule has 1 heterocycles. The summed E-state index contributed by atoms with van der Waals surface area (Å²) in [6, 6.07) is 15.7. The summed E-state index contributed by atoms with van der Waals surface area (Å²) in [5.74, 6) is 0.0140. The van der Waals surface area contributed by atoms with Crippen LogP contribution in [0.4, 0.5) is 0 Å². The normalized spacial score (nSPS) is 17.9. The number of fused-ring (bicyclic) bond motifs is 1. The highest BCUT2D eigenvalue weighted by atomic mass is 35.5. The lowest BCUT2D eigenvalue weighted by Crippen LogP contribution is -2.45. The van der Waals surface area contributed by atoms with Gasteiger partial charge in [0, 0.05) is 18.1 Å². The van der Waals surface area contributed by atoms with Gasteiger partial charge in [-0.25, -0.2) is 0 Å². The van der Waals surface area contributed by atoms with E-state index < -0.39 is 6.10 Å². The first-order chi connectivity index (χ1) is 12.1. The lowest BCUT2D eigenvalue weighted by molar-refractivity contribution is -0.132. The van der Waals surface area contributed by atoms with Crippen molar-refractivity contribution in [1.29, 1.82) is 0 Å². The van der Waals surface area contributed by atoms with Gasteiger partial charge in [0.2, 0.25) is 5.91 Å². The van der Waals surface area contributed by atoms with E-state index in [-0.39, 0.29) is 18.5 Å². The molecule has 0 aliphatic carbocycles. The van der Waals surface area contributed by atoms with E-state index in [0.29, 0.717) is 18.1 Å². The quantitative estimate of drug-likeness (QED) is 0.864. The summed E-state index contributed by atoms with van der Waals surface area (Å²) >= 11 is 6.45. The summed E-state index contributed by atoms with van der Waals surface area (Å²) in [7, 11) is 0. The molecule has 2 aromatic carbocycles. The van der Waals surface area contributed by atoms with Gasteiger partial charge in [0.15, 0.2) is 0 Å². The van der Waals surface area contributed by atoms with Crippen LogP contribution >= 0.6 is 11.6 Å². The number of nitrogens with zero attached hydrogens (tertiary/aromatic N) is 1. The molecule has 4 nitrogen and oxygen atoms in total. The average Bonchev–Trinajstić information content (AvgIpc) is 2.61. The zero-order valence-electron chi connectivity index (χ0n) is 14.3. The number of aliphatic hydroxyl groups excluding tert-OH is 1. The molecule has 2 aromatic rings. The number of rotatable bonds is 5. The second-order valence-corrected chi connectivity index (χ2v) is 6.85. The third kappa shape index (κ3) is 4.03. The van der Waals surface area contributed by atoms with Gasteiger partial charge in [0.1, 0.15) is 0 Å². The minimum Gasteiger partial charge on any atom is -0.392 e. The van der Waals surface area contributed by atoms with Gasteiger partial charge in [-0.1, -0.05) is 54.1 Å². The number of aliphatic hydroxyl groups is 1. The number of amides is 1. The molecule has 1 aliphatic heterocycles. The van der Waals surface area contributed by atoms with Crippen molar-refractivity contribution < 1.29 is 9.90 Å². The molecule has 1 aliphatic rings. The fourth-order valence-corrected chi connectivity index (χ4v) is 3.60. The summed E-state index contributed by atoms with van der Waals surface area (Å²) in [6.07, 6.45) is 0.355. The topological polar surface area (TPSA) is 52.6 Å². The highest BCUT2D eigenvalue weighted by molar-refractivity contribution is 6.31. The molecule has 0 radical (unpaired) electrons. The first-order valence-electron chi connectivity index (χ1n) is 8.58. The Morgan fingerprint density at radius 3 is 2.64 bits per heavy atom. The van der Waals surface area contributed by atoms with Gasteiger partial charge in [-0.3, -0.25) is 4.79 Å². The lowest BCUT2D eigenvalue weighted by Gasteiger charge is -2.38. The van der Waals surface area contributed by atoms with Crippen LogP contribution in [0.2, 0.25) is 5.02 Å². The molecule has 0 saturated heterocycles. The van der Waals surface area contributed by atoms with Crippen molar-refractivity contribution in [2.24, 2.45) is 0 Å². The molecule has 25 heavy (non-hydrogen) atoms.